The standard InChI is InChI=1S/C14H20N2O5/c1-9-11(12(17)19-2)7-10(21-9)8-16-13(18)14(15)3-5-20-6-4-14/h7H,3-6,8,15H2,1-2H3,(H,16,18). The molecule has 2 rings (SSSR count). The van der Waals surface area contributed by atoms with Crippen LogP contribution in [0.15, 0.2) is 10.5 Å². The predicted octanol–water partition coefficient (Wildman–Crippen LogP) is 0.499. The number of esters is 1. The van der Waals surface area contributed by atoms with Crippen molar-refractivity contribution in [1.29, 1.82) is 0 Å². The lowest BCUT2D eigenvalue weighted by molar-refractivity contribution is -0.130. The highest BCUT2D eigenvalue weighted by Gasteiger charge is 2.35. The van der Waals surface area contributed by atoms with Crippen LogP contribution in [0, 0.1) is 6.92 Å². The fourth-order valence-corrected chi connectivity index (χ4v) is 2.25. The molecule has 1 aromatic heterocycles. The first-order valence-electron chi connectivity index (χ1n) is 6.79. The van der Waals surface area contributed by atoms with E-state index in [1.165, 1.54) is 7.11 Å². The second-order valence-corrected chi connectivity index (χ2v) is 5.13. The molecule has 1 aromatic rings. The molecule has 0 spiro atoms. The van der Waals surface area contributed by atoms with Gasteiger partial charge in [0.15, 0.2) is 0 Å². The largest absolute Gasteiger partial charge is 0.465 e. The highest BCUT2D eigenvalue weighted by atomic mass is 16.5. The zero-order valence-corrected chi connectivity index (χ0v) is 12.2. The van der Waals surface area contributed by atoms with Crippen LogP contribution in [0.2, 0.25) is 0 Å². The maximum Gasteiger partial charge on any atom is 0.341 e. The molecule has 7 heteroatoms. The van der Waals surface area contributed by atoms with Gasteiger partial charge in [-0.25, -0.2) is 4.79 Å². The summed E-state index contributed by atoms with van der Waals surface area (Å²) in [4.78, 5) is 23.6. The molecule has 0 aromatic carbocycles. The van der Waals surface area contributed by atoms with Gasteiger partial charge in [-0.15, -0.1) is 0 Å². The molecular weight excluding hydrogens is 276 g/mol. The Morgan fingerprint density at radius 3 is 2.71 bits per heavy atom. The number of furan rings is 1. The average Bonchev–Trinajstić information content (AvgIpc) is 2.85. The Labute approximate surface area is 122 Å². The van der Waals surface area contributed by atoms with Crippen molar-refractivity contribution in [1.82, 2.24) is 5.32 Å². The minimum Gasteiger partial charge on any atom is -0.465 e. The Morgan fingerprint density at radius 1 is 1.43 bits per heavy atom. The molecule has 0 unspecified atom stereocenters. The third-order valence-corrected chi connectivity index (χ3v) is 3.63. The first kappa shape index (κ1) is 15.5. The molecular formula is C14H20N2O5. The Morgan fingerprint density at radius 2 is 2.10 bits per heavy atom. The van der Waals surface area contributed by atoms with Gasteiger partial charge in [-0.05, 0) is 25.8 Å². The van der Waals surface area contributed by atoms with Gasteiger partial charge in [0.1, 0.15) is 17.1 Å². The Bertz CT molecular complexity index is 531. The van der Waals surface area contributed by atoms with Crippen LogP contribution in [0.3, 0.4) is 0 Å². The summed E-state index contributed by atoms with van der Waals surface area (Å²) >= 11 is 0. The molecule has 1 aliphatic rings. The van der Waals surface area contributed by atoms with Crippen molar-refractivity contribution >= 4 is 11.9 Å². The Hall–Kier alpha value is -1.86. The molecule has 2 heterocycles. The number of methoxy groups -OCH3 is 1. The number of hydrogen-bond acceptors (Lipinski definition) is 6. The zero-order chi connectivity index (χ0) is 15.5. The molecule has 1 aliphatic heterocycles. The van der Waals surface area contributed by atoms with Crippen LogP contribution in [0.5, 0.6) is 0 Å². The van der Waals surface area contributed by atoms with Crippen molar-refractivity contribution in [3.05, 3.63) is 23.2 Å². The number of aryl methyl sites for hydroxylation is 1. The molecule has 1 amide bonds. The summed E-state index contributed by atoms with van der Waals surface area (Å²) < 4.78 is 15.3. The van der Waals surface area contributed by atoms with Gasteiger partial charge in [0.25, 0.3) is 0 Å². The topological polar surface area (TPSA) is 104 Å². The fraction of sp³-hybridized carbons (Fsp3) is 0.571. The van der Waals surface area contributed by atoms with E-state index in [9.17, 15) is 9.59 Å². The van der Waals surface area contributed by atoms with Crippen molar-refractivity contribution in [2.45, 2.75) is 31.8 Å². The minimum atomic E-state index is -0.898. The fourth-order valence-electron chi connectivity index (χ4n) is 2.25. The maximum absolute atomic E-state index is 12.1. The number of nitrogens with two attached hydrogens (primary N) is 1. The molecule has 0 radical (unpaired) electrons. The number of hydrogen-bond donors (Lipinski definition) is 2. The monoisotopic (exact) mass is 296 g/mol. The molecule has 21 heavy (non-hydrogen) atoms. The van der Waals surface area contributed by atoms with Gasteiger partial charge >= 0.3 is 5.97 Å². The Balaban J connectivity index is 1.96. The van der Waals surface area contributed by atoms with Crippen molar-refractivity contribution in [2.24, 2.45) is 5.73 Å². The molecule has 1 saturated heterocycles. The molecule has 0 aliphatic carbocycles. The highest BCUT2D eigenvalue weighted by molar-refractivity contribution is 5.90. The lowest BCUT2D eigenvalue weighted by Crippen LogP contribution is -2.56. The third kappa shape index (κ3) is 3.43. The maximum atomic E-state index is 12.1. The average molecular weight is 296 g/mol. The van der Waals surface area contributed by atoms with Crippen molar-refractivity contribution in [3.63, 3.8) is 0 Å². The number of rotatable bonds is 4. The summed E-state index contributed by atoms with van der Waals surface area (Å²) in [5.74, 6) is 0.240. The van der Waals surface area contributed by atoms with Crippen molar-refractivity contribution in [2.75, 3.05) is 20.3 Å². The van der Waals surface area contributed by atoms with E-state index in [2.05, 4.69) is 10.1 Å². The highest BCUT2D eigenvalue weighted by Crippen LogP contribution is 2.19. The molecule has 1 fully saturated rings. The molecule has 7 nitrogen and oxygen atoms in total. The third-order valence-electron chi connectivity index (χ3n) is 3.63. The number of ether oxygens (including phenoxy) is 2. The summed E-state index contributed by atoms with van der Waals surface area (Å²) in [5, 5.41) is 2.74. The molecule has 0 saturated carbocycles. The zero-order valence-electron chi connectivity index (χ0n) is 12.2. The quantitative estimate of drug-likeness (QED) is 0.784. The lowest BCUT2D eigenvalue weighted by atomic mass is 9.90. The van der Waals surface area contributed by atoms with Crippen LogP contribution in [0.4, 0.5) is 0 Å². The normalized spacial score (nSPS) is 17.3. The van der Waals surface area contributed by atoms with Crippen molar-refractivity contribution in [3.8, 4) is 0 Å². The second-order valence-electron chi connectivity index (χ2n) is 5.13. The first-order chi connectivity index (χ1) is 9.96. The SMILES string of the molecule is COC(=O)c1cc(CNC(=O)C2(N)CCOCC2)oc1C. The predicted molar refractivity (Wildman–Crippen MR) is 73.6 cm³/mol. The van der Waals surface area contributed by atoms with E-state index in [0.29, 0.717) is 43.1 Å². The van der Waals surface area contributed by atoms with Crippen LogP contribution < -0.4 is 11.1 Å². The lowest BCUT2D eigenvalue weighted by Gasteiger charge is -2.31. The smallest absolute Gasteiger partial charge is 0.341 e. The van der Waals surface area contributed by atoms with Crippen LogP contribution in [0.25, 0.3) is 0 Å². The second kappa shape index (κ2) is 6.28. The van der Waals surface area contributed by atoms with Crippen LogP contribution >= 0.6 is 0 Å². The summed E-state index contributed by atoms with van der Waals surface area (Å²) in [6.07, 6.45) is 0.979. The van der Waals surface area contributed by atoms with E-state index >= 15 is 0 Å². The van der Waals surface area contributed by atoms with Crippen molar-refractivity contribution < 1.29 is 23.5 Å². The molecule has 116 valence electrons. The minimum absolute atomic E-state index is 0.177. The molecule has 0 atom stereocenters. The van der Waals surface area contributed by atoms with E-state index in [-0.39, 0.29) is 12.5 Å². The first-order valence-corrected chi connectivity index (χ1v) is 6.79. The summed E-state index contributed by atoms with van der Waals surface area (Å²) in [7, 11) is 1.31. The van der Waals surface area contributed by atoms with E-state index in [1.54, 1.807) is 13.0 Å². The van der Waals surface area contributed by atoms with Crippen LogP contribution in [-0.2, 0) is 20.8 Å². The van der Waals surface area contributed by atoms with Gasteiger partial charge < -0.3 is 24.9 Å². The summed E-state index contributed by atoms with van der Waals surface area (Å²) in [6, 6.07) is 1.56. The number of carbonyl (C=O) groups excluding carboxylic acids is 2. The van der Waals surface area contributed by atoms with Crippen LogP contribution in [0.1, 0.15) is 34.7 Å². The van der Waals surface area contributed by atoms with Gasteiger partial charge in [0.05, 0.1) is 19.2 Å². The Kier molecular flexibility index (Phi) is 4.64. The number of nitrogens with one attached hydrogen (secondary N) is 1. The van der Waals surface area contributed by atoms with Gasteiger partial charge in [0, 0.05) is 13.2 Å². The van der Waals surface area contributed by atoms with E-state index in [4.69, 9.17) is 14.9 Å². The van der Waals surface area contributed by atoms with Gasteiger partial charge in [-0.2, -0.15) is 0 Å². The van der Waals surface area contributed by atoms with E-state index < -0.39 is 11.5 Å². The number of amides is 1. The summed E-state index contributed by atoms with van der Waals surface area (Å²) in [5.41, 5.74) is 5.53. The molecule has 3 N–H and O–H groups in total. The van der Waals surface area contributed by atoms with E-state index in [1.807, 2.05) is 0 Å². The van der Waals surface area contributed by atoms with Gasteiger partial charge in [-0.3, -0.25) is 4.79 Å². The summed E-state index contributed by atoms with van der Waals surface area (Å²) in [6.45, 7) is 2.81. The number of carbonyl (C=O) groups is 2. The van der Waals surface area contributed by atoms with Gasteiger partial charge in [0.2, 0.25) is 5.91 Å². The van der Waals surface area contributed by atoms with Gasteiger partial charge in [-0.1, -0.05) is 0 Å². The molecule has 0 bridgehead atoms. The van der Waals surface area contributed by atoms with E-state index in [0.717, 1.165) is 0 Å². The van der Waals surface area contributed by atoms with Crippen LogP contribution in [-0.4, -0.2) is 37.7 Å².